The van der Waals surface area contributed by atoms with E-state index in [-0.39, 0.29) is 6.10 Å². The van der Waals surface area contributed by atoms with Gasteiger partial charge in [0.2, 0.25) is 0 Å². The summed E-state index contributed by atoms with van der Waals surface area (Å²) in [5.41, 5.74) is 1.27. The molecule has 120 valence electrons. The van der Waals surface area contributed by atoms with Crippen LogP contribution >= 0.6 is 27.3 Å². The Morgan fingerprint density at radius 1 is 1.00 bits per heavy atom. The summed E-state index contributed by atoms with van der Waals surface area (Å²) in [5.74, 6) is 0. The summed E-state index contributed by atoms with van der Waals surface area (Å²) in [5, 5.41) is 10.3. The fourth-order valence-corrected chi connectivity index (χ4v) is 4.07. The van der Waals surface area contributed by atoms with Crippen molar-refractivity contribution in [3.05, 3.63) is 56.7 Å². The predicted octanol–water partition coefficient (Wildman–Crippen LogP) is 3.44. The number of rotatable bonds is 8. The van der Waals surface area contributed by atoms with Crippen molar-refractivity contribution in [3.63, 3.8) is 0 Å². The lowest BCUT2D eigenvalue weighted by atomic mass is 10.2. The van der Waals surface area contributed by atoms with Crippen molar-refractivity contribution in [2.45, 2.75) is 19.2 Å². The highest BCUT2D eigenvalue weighted by atomic mass is 79.9. The second-order valence-corrected chi connectivity index (χ2v) is 8.29. The van der Waals surface area contributed by atoms with Gasteiger partial charge in [-0.3, -0.25) is 9.80 Å². The molecule has 1 unspecified atom stereocenters. The monoisotopic (exact) mass is 382 g/mol. The van der Waals surface area contributed by atoms with Crippen molar-refractivity contribution in [2.24, 2.45) is 0 Å². The van der Waals surface area contributed by atoms with Crippen LogP contribution in [0.5, 0.6) is 0 Å². The van der Waals surface area contributed by atoms with Gasteiger partial charge in [0.05, 0.1) is 9.89 Å². The van der Waals surface area contributed by atoms with Gasteiger partial charge < -0.3 is 5.11 Å². The molecule has 1 heterocycles. The Morgan fingerprint density at radius 2 is 1.64 bits per heavy atom. The van der Waals surface area contributed by atoms with E-state index in [0.717, 1.165) is 16.9 Å². The quantitative estimate of drug-likeness (QED) is 0.757. The van der Waals surface area contributed by atoms with Gasteiger partial charge in [-0.2, -0.15) is 0 Å². The summed E-state index contributed by atoms with van der Waals surface area (Å²) < 4.78 is 1.15. The van der Waals surface area contributed by atoms with Gasteiger partial charge in [-0.25, -0.2) is 0 Å². The molecule has 0 aliphatic rings. The smallest absolute Gasteiger partial charge is 0.0793 e. The number of thiophene rings is 1. The van der Waals surface area contributed by atoms with Gasteiger partial charge >= 0.3 is 0 Å². The van der Waals surface area contributed by atoms with Crippen molar-refractivity contribution in [3.8, 4) is 0 Å². The number of hydrogen-bond donors (Lipinski definition) is 1. The number of hydrogen-bond acceptors (Lipinski definition) is 4. The third-order valence-corrected chi connectivity index (χ3v) is 5.00. The second-order valence-electron chi connectivity index (χ2n) is 5.74. The van der Waals surface area contributed by atoms with Crippen molar-refractivity contribution >= 4 is 27.3 Å². The van der Waals surface area contributed by atoms with Gasteiger partial charge in [-0.05, 0) is 47.7 Å². The molecule has 0 aliphatic heterocycles. The number of likely N-dealkylation sites (N-methyl/N-ethyl adjacent to an activating group) is 2. The Balaban J connectivity index is 1.73. The van der Waals surface area contributed by atoms with E-state index in [2.05, 4.69) is 50.0 Å². The largest absolute Gasteiger partial charge is 0.390 e. The standard InChI is InChI=1S/C17H23BrN2OS/c1-19(10-14-6-4-3-5-7-14)11-15(21)12-20(2)13-16-8-9-17(18)22-16/h3-9,15,21H,10-13H2,1-2H3. The minimum Gasteiger partial charge on any atom is -0.390 e. The zero-order chi connectivity index (χ0) is 15.9. The second kappa shape index (κ2) is 8.79. The van der Waals surface area contributed by atoms with Crippen LogP contribution in [0.1, 0.15) is 10.4 Å². The van der Waals surface area contributed by atoms with E-state index in [4.69, 9.17) is 0 Å². The molecule has 2 rings (SSSR count). The minimum absolute atomic E-state index is 0.345. The third kappa shape index (κ3) is 6.18. The Morgan fingerprint density at radius 3 is 2.23 bits per heavy atom. The lowest BCUT2D eigenvalue weighted by Crippen LogP contribution is -2.36. The molecule has 22 heavy (non-hydrogen) atoms. The summed E-state index contributed by atoms with van der Waals surface area (Å²) >= 11 is 5.22. The van der Waals surface area contributed by atoms with E-state index in [1.54, 1.807) is 11.3 Å². The normalized spacial score (nSPS) is 13.0. The molecule has 3 nitrogen and oxygen atoms in total. The van der Waals surface area contributed by atoms with Gasteiger partial charge in [-0.15, -0.1) is 11.3 Å². The van der Waals surface area contributed by atoms with Gasteiger partial charge in [-0.1, -0.05) is 30.3 Å². The van der Waals surface area contributed by atoms with Crippen LogP contribution in [0.15, 0.2) is 46.3 Å². The summed E-state index contributed by atoms with van der Waals surface area (Å²) in [6, 6.07) is 14.5. The first-order valence-corrected chi connectivity index (χ1v) is 8.97. The molecular formula is C17H23BrN2OS. The maximum atomic E-state index is 10.3. The van der Waals surface area contributed by atoms with E-state index >= 15 is 0 Å². The predicted molar refractivity (Wildman–Crippen MR) is 97.1 cm³/mol. The first-order chi connectivity index (χ1) is 10.5. The van der Waals surface area contributed by atoms with Crippen LogP contribution in [-0.4, -0.2) is 48.2 Å². The van der Waals surface area contributed by atoms with Crippen LogP contribution in [0.3, 0.4) is 0 Å². The summed E-state index contributed by atoms with van der Waals surface area (Å²) in [6.07, 6.45) is -0.345. The van der Waals surface area contributed by atoms with Crippen LogP contribution in [0.2, 0.25) is 0 Å². The summed E-state index contributed by atoms with van der Waals surface area (Å²) in [4.78, 5) is 5.63. The molecule has 0 amide bonds. The highest BCUT2D eigenvalue weighted by molar-refractivity contribution is 9.11. The fourth-order valence-electron chi connectivity index (χ4n) is 2.50. The highest BCUT2D eigenvalue weighted by Crippen LogP contribution is 2.22. The highest BCUT2D eigenvalue weighted by Gasteiger charge is 2.12. The Labute approximate surface area is 145 Å². The van der Waals surface area contributed by atoms with Crippen molar-refractivity contribution < 1.29 is 5.11 Å². The number of nitrogens with zero attached hydrogens (tertiary/aromatic N) is 2. The molecule has 0 spiro atoms. The number of aliphatic hydroxyl groups is 1. The van der Waals surface area contributed by atoms with Gasteiger partial charge in [0.25, 0.3) is 0 Å². The molecule has 1 aromatic heterocycles. The Hall–Kier alpha value is -0.720. The van der Waals surface area contributed by atoms with E-state index in [1.165, 1.54) is 10.4 Å². The third-order valence-electron chi connectivity index (χ3n) is 3.39. The Bertz CT molecular complexity index is 561. The van der Waals surface area contributed by atoms with Crippen LogP contribution in [0.25, 0.3) is 0 Å². The zero-order valence-electron chi connectivity index (χ0n) is 13.1. The maximum absolute atomic E-state index is 10.3. The fraction of sp³-hybridized carbons (Fsp3) is 0.412. The molecule has 0 fully saturated rings. The van der Waals surface area contributed by atoms with E-state index < -0.39 is 0 Å². The van der Waals surface area contributed by atoms with Crippen molar-refractivity contribution in [1.82, 2.24) is 9.80 Å². The molecule has 1 atom stereocenters. The maximum Gasteiger partial charge on any atom is 0.0793 e. The van der Waals surface area contributed by atoms with E-state index in [0.29, 0.717) is 13.1 Å². The molecule has 0 saturated heterocycles. The number of benzene rings is 1. The SMILES string of the molecule is CN(Cc1ccccc1)CC(O)CN(C)Cc1ccc(Br)s1. The number of aliphatic hydroxyl groups excluding tert-OH is 1. The van der Waals surface area contributed by atoms with Crippen LogP contribution in [0, 0.1) is 0 Å². The first-order valence-electron chi connectivity index (χ1n) is 7.36. The minimum atomic E-state index is -0.345. The van der Waals surface area contributed by atoms with Crippen molar-refractivity contribution in [2.75, 3.05) is 27.2 Å². The average Bonchev–Trinajstić information content (AvgIpc) is 2.84. The molecule has 1 aromatic carbocycles. The van der Waals surface area contributed by atoms with E-state index in [1.807, 2.05) is 32.3 Å². The average molecular weight is 383 g/mol. The number of halogens is 1. The molecular weight excluding hydrogens is 360 g/mol. The molecule has 5 heteroatoms. The molecule has 2 aromatic rings. The van der Waals surface area contributed by atoms with Gasteiger partial charge in [0.1, 0.15) is 0 Å². The molecule has 0 aliphatic carbocycles. The Kier molecular flexibility index (Phi) is 7.05. The van der Waals surface area contributed by atoms with Gasteiger partial charge in [0, 0.05) is 31.1 Å². The molecule has 0 radical (unpaired) electrons. The molecule has 0 bridgehead atoms. The summed E-state index contributed by atoms with van der Waals surface area (Å²) in [6.45, 7) is 3.08. The van der Waals surface area contributed by atoms with E-state index in [9.17, 15) is 5.11 Å². The zero-order valence-corrected chi connectivity index (χ0v) is 15.5. The van der Waals surface area contributed by atoms with Gasteiger partial charge in [0.15, 0.2) is 0 Å². The van der Waals surface area contributed by atoms with Crippen LogP contribution < -0.4 is 0 Å². The topological polar surface area (TPSA) is 26.7 Å². The lowest BCUT2D eigenvalue weighted by Gasteiger charge is -2.24. The molecule has 1 N–H and O–H groups in total. The van der Waals surface area contributed by atoms with Crippen LogP contribution in [-0.2, 0) is 13.1 Å². The lowest BCUT2D eigenvalue weighted by molar-refractivity contribution is 0.0871. The van der Waals surface area contributed by atoms with Crippen LogP contribution in [0.4, 0.5) is 0 Å². The summed E-state index contributed by atoms with van der Waals surface area (Å²) in [7, 11) is 4.10. The van der Waals surface area contributed by atoms with Crippen molar-refractivity contribution in [1.29, 1.82) is 0 Å². The first kappa shape index (κ1) is 17.6. The molecule has 0 saturated carbocycles.